The Balaban J connectivity index is 2.26. The van der Waals surface area contributed by atoms with Gasteiger partial charge in [-0.15, -0.1) is 0 Å². The molecule has 0 aliphatic rings. The van der Waals surface area contributed by atoms with Crippen LogP contribution in [0.15, 0.2) is 36.9 Å². The molecule has 0 fully saturated rings. The summed E-state index contributed by atoms with van der Waals surface area (Å²) in [4.78, 5) is 3.93. The average Bonchev–Trinajstić information content (AvgIpc) is 3.00. The lowest BCUT2D eigenvalue weighted by Crippen LogP contribution is -2.35. The fourth-order valence-electron chi connectivity index (χ4n) is 2.56. The molecular formula is C18H23F2N3O. The van der Waals surface area contributed by atoms with Crippen LogP contribution in [0.1, 0.15) is 45.7 Å². The molecule has 4 nitrogen and oxygen atoms in total. The van der Waals surface area contributed by atoms with Crippen molar-refractivity contribution >= 4 is 5.57 Å². The molecular weight excluding hydrogens is 312 g/mol. The molecule has 2 rings (SSSR count). The number of allylic oxidation sites excluding steroid dienone is 2. The van der Waals surface area contributed by atoms with Crippen LogP contribution in [0, 0.1) is 17.0 Å². The van der Waals surface area contributed by atoms with Crippen molar-refractivity contribution < 1.29 is 13.9 Å². The summed E-state index contributed by atoms with van der Waals surface area (Å²) < 4.78 is 28.5. The second-order valence-electron chi connectivity index (χ2n) is 7.00. The quantitative estimate of drug-likeness (QED) is 0.898. The minimum atomic E-state index is -0.665. The highest BCUT2D eigenvalue weighted by atomic mass is 19.1. The summed E-state index contributed by atoms with van der Waals surface area (Å²) >= 11 is 0. The topological polar surface area (TPSA) is 50.9 Å². The SMILES string of the molecule is C/C(=C\CC(C(O)C(C)(C)C)n1cncn1)c1ccc(F)cc1F. The molecule has 2 aromatic rings. The van der Waals surface area contributed by atoms with Gasteiger partial charge in [0.25, 0.3) is 0 Å². The third kappa shape index (κ3) is 4.26. The number of halogens is 2. The average molecular weight is 335 g/mol. The van der Waals surface area contributed by atoms with E-state index in [1.165, 1.54) is 18.5 Å². The first-order valence-corrected chi connectivity index (χ1v) is 7.84. The second-order valence-corrected chi connectivity index (χ2v) is 7.00. The lowest BCUT2D eigenvalue weighted by Gasteiger charge is -2.32. The Hall–Kier alpha value is -2.08. The van der Waals surface area contributed by atoms with Gasteiger partial charge in [0.05, 0.1) is 12.1 Å². The van der Waals surface area contributed by atoms with Crippen molar-refractivity contribution in [3.63, 3.8) is 0 Å². The largest absolute Gasteiger partial charge is 0.390 e. The molecule has 0 aliphatic carbocycles. The summed E-state index contributed by atoms with van der Waals surface area (Å²) in [5.74, 6) is -1.20. The van der Waals surface area contributed by atoms with E-state index in [4.69, 9.17) is 0 Å². The first kappa shape index (κ1) is 18.3. The first-order valence-electron chi connectivity index (χ1n) is 7.84. The molecule has 1 aromatic heterocycles. The number of aliphatic hydroxyl groups is 1. The molecule has 0 saturated carbocycles. The number of aliphatic hydroxyl groups excluding tert-OH is 1. The van der Waals surface area contributed by atoms with Crippen molar-refractivity contribution in [3.8, 4) is 0 Å². The zero-order chi connectivity index (χ0) is 17.9. The van der Waals surface area contributed by atoms with Gasteiger partial charge in [0.2, 0.25) is 0 Å². The number of benzene rings is 1. The van der Waals surface area contributed by atoms with Gasteiger partial charge in [-0.1, -0.05) is 26.8 Å². The normalized spacial score (nSPS) is 15.4. The molecule has 1 heterocycles. The fraction of sp³-hybridized carbons (Fsp3) is 0.444. The standard InChI is InChI=1S/C18H23F2N3O/c1-12(14-7-6-13(19)9-15(14)20)5-8-16(17(24)18(2,3)4)23-11-21-10-22-23/h5-7,9-11,16-17,24H,8H2,1-4H3/b12-5+. The molecule has 130 valence electrons. The van der Waals surface area contributed by atoms with Gasteiger partial charge in [-0.05, 0) is 36.5 Å². The summed E-state index contributed by atoms with van der Waals surface area (Å²) in [5, 5.41) is 14.8. The van der Waals surface area contributed by atoms with Gasteiger partial charge in [-0.3, -0.25) is 0 Å². The van der Waals surface area contributed by atoms with E-state index >= 15 is 0 Å². The Morgan fingerprint density at radius 2 is 2.04 bits per heavy atom. The van der Waals surface area contributed by atoms with E-state index in [0.29, 0.717) is 17.6 Å². The van der Waals surface area contributed by atoms with E-state index in [2.05, 4.69) is 10.1 Å². The highest BCUT2D eigenvalue weighted by molar-refractivity contribution is 5.64. The van der Waals surface area contributed by atoms with Gasteiger partial charge in [-0.25, -0.2) is 18.4 Å². The van der Waals surface area contributed by atoms with Crippen LogP contribution < -0.4 is 0 Å². The molecule has 6 heteroatoms. The van der Waals surface area contributed by atoms with E-state index in [9.17, 15) is 13.9 Å². The molecule has 2 atom stereocenters. The van der Waals surface area contributed by atoms with Crippen molar-refractivity contribution in [2.75, 3.05) is 0 Å². The van der Waals surface area contributed by atoms with Crippen molar-refractivity contribution in [3.05, 3.63) is 54.1 Å². The van der Waals surface area contributed by atoms with Crippen molar-refractivity contribution in [1.82, 2.24) is 14.8 Å². The molecule has 0 radical (unpaired) electrons. The Bertz CT molecular complexity index is 706. The smallest absolute Gasteiger partial charge is 0.137 e. The van der Waals surface area contributed by atoms with Gasteiger partial charge >= 0.3 is 0 Å². The van der Waals surface area contributed by atoms with Crippen molar-refractivity contribution in [2.24, 2.45) is 5.41 Å². The Labute approximate surface area is 140 Å². The van der Waals surface area contributed by atoms with Crippen LogP contribution in [0.3, 0.4) is 0 Å². The molecule has 0 spiro atoms. The molecule has 24 heavy (non-hydrogen) atoms. The molecule has 1 N–H and O–H groups in total. The lowest BCUT2D eigenvalue weighted by molar-refractivity contribution is 0.0134. The molecule has 0 aliphatic heterocycles. The van der Waals surface area contributed by atoms with Crippen LogP contribution in [0.2, 0.25) is 0 Å². The Kier molecular flexibility index (Phi) is 5.49. The number of hydrogen-bond acceptors (Lipinski definition) is 3. The van der Waals surface area contributed by atoms with Gasteiger partial charge in [0, 0.05) is 11.6 Å². The fourth-order valence-corrected chi connectivity index (χ4v) is 2.56. The summed E-state index contributed by atoms with van der Waals surface area (Å²) in [7, 11) is 0. The van der Waals surface area contributed by atoms with E-state index < -0.39 is 17.7 Å². The third-order valence-corrected chi connectivity index (χ3v) is 4.05. The van der Waals surface area contributed by atoms with Gasteiger partial charge in [0.1, 0.15) is 24.3 Å². The maximum atomic E-state index is 13.9. The molecule has 1 aromatic carbocycles. The van der Waals surface area contributed by atoms with E-state index in [1.54, 1.807) is 17.9 Å². The molecule has 0 saturated heterocycles. The van der Waals surface area contributed by atoms with Crippen molar-refractivity contribution in [1.29, 1.82) is 0 Å². The molecule has 0 bridgehead atoms. The van der Waals surface area contributed by atoms with Crippen LogP contribution in [-0.2, 0) is 0 Å². The predicted molar refractivity (Wildman–Crippen MR) is 89.1 cm³/mol. The van der Waals surface area contributed by atoms with Crippen molar-refractivity contribution in [2.45, 2.75) is 46.3 Å². The maximum absolute atomic E-state index is 13.9. The van der Waals surface area contributed by atoms with Gasteiger partial charge < -0.3 is 5.11 Å². The van der Waals surface area contributed by atoms with Crippen LogP contribution in [0.25, 0.3) is 5.57 Å². The Morgan fingerprint density at radius 3 is 2.58 bits per heavy atom. The number of hydrogen-bond donors (Lipinski definition) is 1. The van der Waals surface area contributed by atoms with Gasteiger partial charge in [-0.2, -0.15) is 5.10 Å². The summed E-state index contributed by atoms with van der Waals surface area (Å²) in [6.07, 6.45) is 4.59. The monoisotopic (exact) mass is 335 g/mol. The predicted octanol–water partition coefficient (Wildman–Crippen LogP) is 4.00. The molecule has 0 amide bonds. The van der Waals surface area contributed by atoms with E-state index in [-0.39, 0.29) is 11.5 Å². The van der Waals surface area contributed by atoms with Crippen LogP contribution >= 0.6 is 0 Å². The van der Waals surface area contributed by atoms with E-state index in [1.807, 2.05) is 26.8 Å². The molecule has 2 unspecified atom stereocenters. The number of rotatable bonds is 5. The van der Waals surface area contributed by atoms with E-state index in [0.717, 1.165) is 6.07 Å². The zero-order valence-corrected chi connectivity index (χ0v) is 14.4. The lowest BCUT2D eigenvalue weighted by atomic mass is 9.83. The Morgan fingerprint density at radius 1 is 1.33 bits per heavy atom. The first-order chi connectivity index (χ1) is 11.2. The zero-order valence-electron chi connectivity index (χ0n) is 14.4. The second kappa shape index (κ2) is 7.21. The van der Waals surface area contributed by atoms with Crippen LogP contribution in [0.4, 0.5) is 8.78 Å². The number of aromatic nitrogens is 3. The minimum Gasteiger partial charge on any atom is -0.390 e. The number of nitrogens with zero attached hydrogens (tertiary/aromatic N) is 3. The maximum Gasteiger partial charge on any atom is 0.137 e. The van der Waals surface area contributed by atoms with Crippen LogP contribution in [0.5, 0.6) is 0 Å². The summed E-state index contributed by atoms with van der Waals surface area (Å²) in [6, 6.07) is 3.19. The van der Waals surface area contributed by atoms with Gasteiger partial charge in [0.15, 0.2) is 0 Å². The summed E-state index contributed by atoms with van der Waals surface area (Å²) in [5.41, 5.74) is 0.678. The highest BCUT2D eigenvalue weighted by Gasteiger charge is 2.31. The van der Waals surface area contributed by atoms with Crippen LogP contribution in [-0.4, -0.2) is 26.0 Å². The third-order valence-electron chi connectivity index (χ3n) is 4.05. The highest BCUT2D eigenvalue weighted by Crippen LogP contribution is 2.31. The minimum absolute atomic E-state index is 0.328. The summed E-state index contributed by atoms with van der Waals surface area (Å²) in [6.45, 7) is 7.59.